The van der Waals surface area contributed by atoms with Crippen LogP contribution < -0.4 is 4.31 Å². The molecular formula is C11H12N3O6S-. The van der Waals surface area contributed by atoms with E-state index in [1.54, 1.807) is 0 Å². The highest BCUT2D eigenvalue weighted by atomic mass is 32.2. The Hall–Kier alpha value is -2.20. The highest BCUT2D eigenvalue weighted by Gasteiger charge is 2.31. The molecule has 0 bridgehead atoms. The number of carboxylic acid groups (broad SMARTS) is 1. The molecule has 1 amide bonds. The molecule has 1 aromatic carbocycles. The molecule has 1 heterocycles. The van der Waals surface area contributed by atoms with Crippen LogP contribution in [-0.2, 0) is 11.3 Å². The third-order valence-corrected chi connectivity index (χ3v) is 4.07. The maximum atomic E-state index is 11.4. The third-order valence-electron chi connectivity index (χ3n) is 3.24. The number of likely N-dealkylation sites (tertiary alicyclic amines) is 1. The number of nitrogens with zero attached hydrogens (tertiary/aromatic N) is 3. The van der Waals surface area contributed by atoms with Crippen LogP contribution in [0.2, 0.25) is 0 Å². The highest BCUT2D eigenvalue weighted by Crippen LogP contribution is 2.26. The average molecular weight is 314 g/mol. The lowest BCUT2D eigenvalue weighted by Gasteiger charge is -2.31. The Bertz CT molecular complexity index is 578. The third kappa shape index (κ3) is 3.28. The van der Waals surface area contributed by atoms with Crippen molar-refractivity contribution >= 4 is 28.7 Å². The zero-order chi connectivity index (χ0) is 15.6. The van der Waals surface area contributed by atoms with Gasteiger partial charge in [-0.05, 0) is 18.6 Å². The molecule has 2 rings (SSSR count). The molecule has 9 nitrogen and oxygen atoms in total. The summed E-state index contributed by atoms with van der Waals surface area (Å²) in [6.45, 7) is 0.320. The van der Waals surface area contributed by atoms with Gasteiger partial charge in [-0.1, -0.05) is 0 Å². The van der Waals surface area contributed by atoms with Gasteiger partial charge in [-0.25, -0.2) is 4.79 Å². The first-order valence-electron chi connectivity index (χ1n) is 6.01. The standard InChI is InChI=1S/C11H13N3O6S/c15-11(16)12-6-5-10(7-12)13(21(19)20)8-1-3-9(4-2-8)14(17)18/h1-4,10H,5-7H2,(H,15,16)(H,19,20)/p-1/t10-/m1/s1. The van der Waals surface area contributed by atoms with Crippen LogP contribution in [0.3, 0.4) is 0 Å². The fraction of sp³-hybridized carbons (Fsp3) is 0.364. The first kappa shape index (κ1) is 15.2. The van der Waals surface area contributed by atoms with Crippen LogP contribution in [0, 0.1) is 10.1 Å². The monoisotopic (exact) mass is 314 g/mol. The number of non-ortho nitro benzene ring substituents is 1. The number of hydrogen-bond donors (Lipinski definition) is 1. The number of benzene rings is 1. The smallest absolute Gasteiger partial charge is 0.407 e. The lowest BCUT2D eigenvalue weighted by atomic mass is 10.2. The van der Waals surface area contributed by atoms with E-state index >= 15 is 0 Å². The zero-order valence-electron chi connectivity index (χ0n) is 10.7. The predicted molar refractivity (Wildman–Crippen MR) is 72.5 cm³/mol. The van der Waals surface area contributed by atoms with E-state index in [4.69, 9.17) is 5.11 Å². The van der Waals surface area contributed by atoms with Crippen molar-refractivity contribution < 1.29 is 23.6 Å². The molecular weight excluding hydrogens is 302 g/mol. The normalized spacial score (nSPS) is 19.3. The van der Waals surface area contributed by atoms with Crippen molar-refractivity contribution in [2.24, 2.45) is 0 Å². The van der Waals surface area contributed by atoms with Gasteiger partial charge in [0.2, 0.25) is 0 Å². The van der Waals surface area contributed by atoms with E-state index in [1.165, 1.54) is 24.3 Å². The maximum absolute atomic E-state index is 11.4. The van der Waals surface area contributed by atoms with E-state index in [0.29, 0.717) is 6.42 Å². The van der Waals surface area contributed by atoms with Crippen molar-refractivity contribution in [3.63, 3.8) is 0 Å². The Balaban J connectivity index is 2.22. The van der Waals surface area contributed by atoms with Crippen molar-refractivity contribution in [1.29, 1.82) is 0 Å². The second-order valence-corrected chi connectivity index (χ2v) is 5.32. The second-order valence-electron chi connectivity index (χ2n) is 4.49. The summed E-state index contributed by atoms with van der Waals surface area (Å²) in [5.41, 5.74) is 0.125. The first-order chi connectivity index (χ1) is 9.90. The molecule has 114 valence electrons. The Morgan fingerprint density at radius 2 is 2.05 bits per heavy atom. The SMILES string of the molecule is O=C(O)N1CC[C@@H](N(c2ccc([N+](=O)[O-])cc2)S(=O)[O-])C1. The predicted octanol–water partition coefficient (Wildman–Crippen LogP) is 0.948. The molecule has 10 heteroatoms. The van der Waals surface area contributed by atoms with Gasteiger partial charge in [0.25, 0.3) is 5.69 Å². The van der Waals surface area contributed by atoms with Crippen LogP contribution in [0.1, 0.15) is 6.42 Å². The fourth-order valence-corrected chi connectivity index (χ4v) is 2.96. The maximum Gasteiger partial charge on any atom is 0.407 e. The zero-order valence-corrected chi connectivity index (χ0v) is 11.6. The molecule has 0 aliphatic carbocycles. The average Bonchev–Trinajstić information content (AvgIpc) is 2.88. The summed E-state index contributed by atoms with van der Waals surface area (Å²) in [6, 6.07) is 4.56. The lowest BCUT2D eigenvalue weighted by Crippen LogP contribution is -2.39. The van der Waals surface area contributed by atoms with Gasteiger partial charge in [-0.3, -0.25) is 18.6 Å². The summed E-state index contributed by atoms with van der Waals surface area (Å²) in [5, 5.41) is 19.5. The molecule has 0 radical (unpaired) electrons. The molecule has 1 N–H and O–H groups in total. The molecule has 1 aliphatic heterocycles. The fourth-order valence-electron chi connectivity index (χ4n) is 2.25. The molecule has 0 spiro atoms. The second kappa shape index (κ2) is 6.06. The number of hydrogen-bond acceptors (Lipinski definition) is 5. The minimum Gasteiger partial charge on any atom is -0.755 e. The van der Waals surface area contributed by atoms with Gasteiger partial charge in [0.15, 0.2) is 0 Å². The summed E-state index contributed by atoms with van der Waals surface area (Å²) in [7, 11) is 0. The molecule has 0 aromatic heterocycles. The molecule has 1 aromatic rings. The van der Waals surface area contributed by atoms with Gasteiger partial charge < -0.3 is 14.6 Å². The Morgan fingerprint density at radius 3 is 2.48 bits per heavy atom. The number of nitro benzene ring substituents is 1. The van der Waals surface area contributed by atoms with Crippen molar-refractivity contribution in [3.05, 3.63) is 34.4 Å². The topological polar surface area (TPSA) is 127 Å². The Morgan fingerprint density at radius 1 is 1.43 bits per heavy atom. The first-order valence-corrected chi connectivity index (χ1v) is 7.04. The van der Waals surface area contributed by atoms with Gasteiger partial charge in [-0.15, -0.1) is 0 Å². The molecule has 0 saturated carbocycles. The molecule has 21 heavy (non-hydrogen) atoms. The molecule has 1 aliphatic rings. The molecule has 1 saturated heterocycles. The van der Waals surface area contributed by atoms with E-state index in [0.717, 1.165) is 9.21 Å². The van der Waals surface area contributed by atoms with Crippen LogP contribution in [0.5, 0.6) is 0 Å². The number of anilines is 1. The van der Waals surface area contributed by atoms with Gasteiger partial charge in [0.05, 0.1) is 11.0 Å². The molecule has 1 unspecified atom stereocenters. The van der Waals surface area contributed by atoms with Crippen molar-refractivity contribution in [1.82, 2.24) is 4.90 Å². The van der Waals surface area contributed by atoms with Gasteiger partial charge >= 0.3 is 6.09 Å². The van der Waals surface area contributed by atoms with E-state index in [-0.39, 0.29) is 24.5 Å². The summed E-state index contributed by atoms with van der Waals surface area (Å²) < 4.78 is 23.9. The molecule has 2 atom stereocenters. The van der Waals surface area contributed by atoms with E-state index in [2.05, 4.69) is 0 Å². The van der Waals surface area contributed by atoms with Crippen LogP contribution in [0.15, 0.2) is 24.3 Å². The van der Waals surface area contributed by atoms with Gasteiger partial charge in [0.1, 0.15) is 0 Å². The highest BCUT2D eigenvalue weighted by molar-refractivity contribution is 7.80. The largest absolute Gasteiger partial charge is 0.755 e. The van der Waals surface area contributed by atoms with Crippen LogP contribution in [0.25, 0.3) is 0 Å². The van der Waals surface area contributed by atoms with E-state index in [1.807, 2.05) is 0 Å². The Labute approximate surface area is 122 Å². The summed E-state index contributed by atoms with van der Waals surface area (Å²) >= 11 is -2.60. The van der Waals surface area contributed by atoms with Crippen LogP contribution in [0.4, 0.5) is 16.2 Å². The van der Waals surface area contributed by atoms with Crippen molar-refractivity contribution in [2.75, 3.05) is 17.4 Å². The quantitative estimate of drug-likeness (QED) is 0.500. The van der Waals surface area contributed by atoms with E-state index in [9.17, 15) is 23.7 Å². The Kier molecular flexibility index (Phi) is 4.38. The summed E-state index contributed by atoms with van der Waals surface area (Å²) in [5.74, 6) is 0. The van der Waals surface area contributed by atoms with E-state index < -0.39 is 28.3 Å². The number of rotatable bonds is 4. The summed E-state index contributed by atoms with van der Waals surface area (Å²) in [6.07, 6.45) is -0.727. The minimum atomic E-state index is -2.60. The van der Waals surface area contributed by atoms with Crippen molar-refractivity contribution in [2.45, 2.75) is 12.5 Å². The number of carbonyl (C=O) groups is 1. The van der Waals surface area contributed by atoms with Gasteiger partial charge in [0, 0.05) is 42.2 Å². The number of amides is 1. The van der Waals surface area contributed by atoms with Gasteiger partial charge in [-0.2, -0.15) is 0 Å². The summed E-state index contributed by atoms with van der Waals surface area (Å²) in [4.78, 5) is 22.0. The van der Waals surface area contributed by atoms with Crippen molar-refractivity contribution in [3.8, 4) is 0 Å². The molecule has 1 fully saturated rings. The van der Waals surface area contributed by atoms with Crippen LogP contribution >= 0.6 is 0 Å². The minimum absolute atomic E-state index is 0.0697. The number of nitro groups is 1. The lowest BCUT2D eigenvalue weighted by molar-refractivity contribution is -0.384. The van der Waals surface area contributed by atoms with Crippen LogP contribution in [-0.4, -0.2) is 48.9 Å².